The SMILES string of the molecule is COCC(=O)N1CC[C@H]2[C@H](CO)Nc3ccc(-c4ccc(C(=O)N(C)C)cc4)cc3[C@H]21. The summed E-state index contributed by atoms with van der Waals surface area (Å²) in [5.41, 5.74) is 4.68. The van der Waals surface area contributed by atoms with Crippen molar-refractivity contribution in [1.82, 2.24) is 9.80 Å². The Bertz CT molecular complexity index is 973. The molecule has 2 aliphatic rings. The average Bonchev–Trinajstić information content (AvgIpc) is 3.23. The minimum absolute atomic E-state index is 0.0238. The van der Waals surface area contributed by atoms with Crippen molar-refractivity contribution in [3.05, 3.63) is 53.6 Å². The van der Waals surface area contributed by atoms with Crippen molar-refractivity contribution in [2.45, 2.75) is 18.5 Å². The van der Waals surface area contributed by atoms with E-state index >= 15 is 0 Å². The number of benzene rings is 2. The first-order valence-electron chi connectivity index (χ1n) is 10.6. The van der Waals surface area contributed by atoms with Crippen LogP contribution in [0.15, 0.2) is 42.5 Å². The van der Waals surface area contributed by atoms with Crippen molar-refractivity contribution in [2.75, 3.05) is 46.3 Å². The monoisotopic (exact) mass is 423 g/mol. The van der Waals surface area contributed by atoms with Gasteiger partial charge >= 0.3 is 0 Å². The number of ether oxygens (including phenoxy) is 1. The molecule has 2 aromatic rings. The normalized spacial score (nSPS) is 21.8. The minimum atomic E-state index is -0.0920. The Balaban J connectivity index is 1.70. The molecule has 4 rings (SSSR count). The first-order valence-corrected chi connectivity index (χ1v) is 10.6. The third kappa shape index (κ3) is 3.91. The van der Waals surface area contributed by atoms with E-state index in [4.69, 9.17) is 4.74 Å². The Labute approximate surface area is 182 Å². The van der Waals surface area contributed by atoms with Crippen LogP contribution in [0.4, 0.5) is 5.69 Å². The van der Waals surface area contributed by atoms with E-state index < -0.39 is 0 Å². The van der Waals surface area contributed by atoms with Crippen molar-refractivity contribution in [1.29, 1.82) is 0 Å². The van der Waals surface area contributed by atoms with Crippen molar-refractivity contribution in [3.8, 4) is 11.1 Å². The lowest BCUT2D eigenvalue weighted by Gasteiger charge is -2.39. The van der Waals surface area contributed by atoms with Crippen LogP contribution in [0.3, 0.4) is 0 Å². The van der Waals surface area contributed by atoms with E-state index in [2.05, 4.69) is 11.4 Å². The van der Waals surface area contributed by atoms with Crippen molar-refractivity contribution in [2.24, 2.45) is 5.92 Å². The number of nitrogens with one attached hydrogen (secondary N) is 1. The number of carbonyl (C=O) groups is 2. The largest absolute Gasteiger partial charge is 0.394 e. The summed E-state index contributed by atoms with van der Waals surface area (Å²) in [5.74, 6) is 0.0856. The fourth-order valence-electron chi connectivity index (χ4n) is 4.79. The van der Waals surface area contributed by atoms with Gasteiger partial charge in [0.15, 0.2) is 0 Å². The molecule has 2 amide bonds. The van der Waals surface area contributed by atoms with E-state index in [0.717, 1.165) is 28.8 Å². The lowest BCUT2D eigenvalue weighted by Crippen LogP contribution is -2.43. The van der Waals surface area contributed by atoms with Crippen LogP contribution in [-0.2, 0) is 9.53 Å². The van der Waals surface area contributed by atoms with E-state index in [9.17, 15) is 14.7 Å². The highest BCUT2D eigenvalue weighted by molar-refractivity contribution is 5.94. The maximum atomic E-state index is 12.7. The molecule has 7 nitrogen and oxygen atoms in total. The van der Waals surface area contributed by atoms with Crippen LogP contribution in [0.25, 0.3) is 11.1 Å². The van der Waals surface area contributed by atoms with Crippen LogP contribution < -0.4 is 5.32 Å². The quantitative estimate of drug-likeness (QED) is 0.772. The molecule has 164 valence electrons. The average molecular weight is 424 g/mol. The summed E-state index contributed by atoms with van der Waals surface area (Å²) in [7, 11) is 5.00. The third-order valence-electron chi connectivity index (χ3n) is 6.33. The number of hydrogen-bond donors (Lipinski definition) is 2. The molecule has 0 radical (unpaired) electrons. The zero-order chi connectivity index (χ0) is 22.1. The van der Waals surface area contributed by atoms with E-state index in [1.807, 2.05) is 41.3 Å². The van der Waals surface area contributed by atoms with Crippen molar-refractivity contribution >= 4 is 17.5 Å². The molecular weight excluding hydrogens is 394 g/mol. The van der Waals surface area contributed by atoms with Gasteiger partial charge in [0.2, 0.25) is 5.91 Å². The Kier molecular flexibility index (Phi) is 5.98. The molecule has 2 heterocycles. The number of methoxy groups -OCH3 is 1. The molecule has 0 spiro atoms. The predicted molar refractivity (Wildman–Crippen MR) is 119 cm³/mol. The Morgan fingerprint density at radius 1 is 1.16 bits per heavy atom. The van der Waals surface area contributed by atoms with Gasteiger partial charge in [-0.3, -0.25) is 9.59 Å². The third-order valence-corrected chi connectivity index (χ3v) is 6.33. The number of aliphatic hydroxyl groups excluding tert-OH is 1. The Morgan fingerprint density at radius 3 is 2.52 bits per heavy atom. The summed E-state index contributed by atoms with van der Waals surface area (Å²) < 4.78 is 5.09. The van der Waals surface area contributed by atoms with Crippen LogP contribution in [0.5, 0.6) is 0 Å². The minimum Gasteiger partial charge on any atom is -0.394 e. The van der Waals surface area contributed by atoms with Gasteiger partial charge in [0.25, 0.3) is 5.91 Å². The van der Waals surface area contributed by atoms with Crippen molar-refractivity contribution in [3.63, 3.8) is 0 Å². The van der Waals surface area contributed by atoms with E-state index in [-0.39, 0.29) is 43.0 Å². The number of hydrogen-bond acceptors (Lipinski definition) is 5. The number of rotatable bonds is 5. The molecule has 2 N–H and O–H groups in total. The first kappa shape index (κ1) is 21.3. The van der Waals surface area contributed by atoms with Gasteiger partial charge in [-0.05, 0) is 47.4 Å². The molecule has 0 bridgehead atoms. The highest BCUT2D eigenvalue weighted by Crippen LogP contribution is 2.47. The Hall–Kier alpha value is -2.90. The van der Waals surface area contributed by atoms with Gasteiger partial charge in [0, 0.05) is 44.9 Å². The van der Waals surface area contributed by atoms with Gasteiger partial charge in [-0.2, -0.15) is 0 Å². The van der Waals surface area contributed by atoms with Gasteiger partial charge in [0.1, 0.15) is 6.61 Å². The molecule has 0 saturated carbocycles. The van der Waals surface area contributed by atoms with Crippen LogP contribution in [0.1, 0.15) is 28.4 Å². The zero-order valence-electron chi connectivity index (χ0n) is 18.2. The molecule has 1 fully saturated rings. The number of likely N-dealkylation sites (tertiary alicyclic amines) is 1. The molecular formula is C24H29N3O4. The van der Waals surface area contributed by atoms with E-state index in [1.54, 1.807) is 19.0 Å². The van der Waals surface area contributed by atoms with Gasteiger partial charge < -0.3 is 25.0 Å². The van der Waals surface area contributed by atoms with E-state index in [0.29, 0.717) is 12.1 Å². The number of anilines is 1. The van der Waals surface area contributed by atoms with Gasteiger partial charge in [-0.25, -0.2) is 0 Å². The molecule has 0 aliphatic carbocycles. The summed E-state index contributed by atoms with van der Waals surface area (Å²) in [6.45, 7) is 0.730. The number of amides is 2. The molecule has 3 atom stereocenters. The van der Waals surface area contributed by atoms with Gasteiger partial charge in [-0.15, -0.1) is 0 Å². The van der Waals surface area contributed by atoms with Crippen LogP contribution >= 0.6 is 0 Å². The smallest absolute Gasteiger partial charge is 0.253 e. The van der Waals surface area contributed by atoms with E-state index in [1.165, 1.54) is 7.11 Å². The van der Waals surface area contributed by atoms with Crippen molar-refractivity contribution < 1.29 is 19.4 Å². The lowest BCUT2D eigenvalue weighted by atomic mass is 9.82. The molecule has 0 aromatic heterocycles. The number of fused-ring (bicyclic) bond motifs is 3. The van der Waals surface area contributed by atoms with Crippen LogP contribution in [-0.4, -0.2) is 73.7 Å². The summed E-state index contributed by atoms with van der Waals surface area (Å²) in [4.78, 5) is 28.3. The summed E-state index contributed by atoms with van der Waals surface area (Å²) in [5, 5.41) is 13.4. The van der Waals surface area contributed by atoms with Crippen LogP contribution in [0, 0.1) is 5.92 Å². The molecule has 2 aliphatic heterocycles. The second-order valence-electron chi connectivity index (χ2n) is 8.43. The van der Waals surface area contributed by atoms with Crippen LogP contribution in [0.2, 0.25) is 0 Å². The second kappa shape index (κ2) is 8.69. The number of aliphatic hydroxyl groups is 1. The highest BCUT2D eigenvalue weighted by Gasteiger charge is 2.45. The molecule has 7 heteroatoms. The predicted octanol–water partition coefficient (Wildman–Crippen LogP) is 2.38. The summed E-state index contributed by atoms with van der Waals surface area (Å²) in [6, 6.07) is 13.6. The van der Waals surface area contributed by atoms with Gasteiger partial charge in [-0.1, -0.05) is 18.2 Å². The zero-order valence-corrected chi connectivity index (χ0v) is 18.2. The second-order valence-corrected chi connectivity index (χ2v) is 8.43. The number of nitrogens with zero attached hydrogens (tertiary/aromatic N) is 2. The maximum absolute atomic E-state index is 12.7. The number of carbonyl (C=O) groups excluding carboxylic acids is 2. The topological polar surface area (TPSA) is 82.1 Å². The molecule has 2 aromatic carbocycles. The highest BCUT2D eigenvalue weighted by atomic mass is 16.5. The standard InChI is InChI=1S/C24H29N3O4/c1-26(2)24(30)16-6-4-15(5-7-16)17-8-9-20-19(12-17)23-18(21(13-28)25-20)10-11-27(23)22(29)14-31-3/h4-9,12,18,21,23,25,28H,10-11,13-14H2,1-3H3/t18-,21-,23-/m0/s1. The fourth-order valence-corrected chi connectivity index (χ4v) is 4.79. The molecule has 1 saturated heterocycles. The molecule has 0 unspecified atom stereocenters. The van der Waals surface area contributed by atoms with Gasteiger partial charge in [0.05, 0.1) is 18.7 Å². The molecule has 31 heavy (non-hydrogen) atoms. The summed E-state index contributed by atoms with van der Waals surface area (Å²) >= 11 is 0. The fraction of sp³-hybridized carbons (Fsp3) is 0.417. The first-order chi connectivity index (χ1) is 14.9. The maximum Gasteiger partial charge on any atom is 0.253 e. The Morgan fingerprint density at radius 2 is 1.87 bits per heavy atom. The lowest BCUT2D eigenvalue weighted by molar-refractivity contribution is -0.136. The summed E-state index contributed by atoms with van der Waals surface area (Å²) in [6.07, 6.45) is 0.837.